The predicted octanol–water partition coefficient (Wildman–Crippen LogP) is -0.0117. The summed E-state index contributed by atoms with van der Waals surface area (Å²) < 4.78 is 10.3. The third-order valence-electron chi connectivity index (χ3n) is 2.33. The Bertz CT molecular complexity index is 462. The maximum absolute atomic E-state index is 11.1. The molecule has 4 N–H and O–H groups in total. The van der Waals surface area contributed by atoms with E-state index in [1.807, 2.05) is 11.4 Å². The van der Waals surface area contributed by atoms with Gasteiger partial charge in [-0.2, -0.15) is 0 Å². The van der Waals surface area contributed by atoms with Gasteiger partial charge >= 0.3 is 6.03 Å². The number of hydrogen-bond acceptors (Lipinski definition) is 5. The highest BCUT2D eigenvalue weighted by Crippen LogP contribution is 2.27. The first-order valence-electron chi connectivity index (χ1n) is 5.57. The molecule has 1 rings (SSSR count). The fraction of sp³-hybridized carbons (Fsp3) is 0.333. The van der Waals surface area contributed by atoms with Crippen molar-refractivity contribution in [2.75, 3.05) is 20.8 Å². The lowest BCUT2D eigenvalue weighted by molar-refractivity contribution is -0.119. The number of rotatable bonds is 6. The maximum atomic E-state index is 11.1. The molecule has 104 valence electrons. The second-order valence-corrected chi connectivity index (χ2v) is 3.71. The predicted molar refractivity (Wildman–Crippen MR) is 69.0 cm³/mol. The topological polar surface area (TPSA) is 103 Å². The van der Waals surface area contributed by atoms with E-state index in [2.05, 4.69) is 5.32 Å². The fourth-order valence-corrected chi connectivity index (χ4v) is 1.49. The van der Waals surface area contributed by atoms with E-state index in [0.717, 1.165) is 5.56 Å². The third-order valence-corrected chi connectivity index (χ3v) is 2.33. The van der Waals surface area contributed by atoms with Crippen LogP contribution < -0.4 is 25.8 Å². The van der Waals surface area contributed by atoms with Gasteiger partial charge in [-0.05, 0) is 17.7 Å². The first kappa shape index (κ1) is 14.8. The molecule has 0 heterocycles. The molecular formula is C12H17N3O4. The first-order chi connectivity index (χ1) is 9.06. The van der Waals surface area contributed by atoms with Crippen LogP contribution in [0.4, 0.5) is 4.79 Å². The van der Waals surface area contributed by atoms with E-state index in [9.17, 15) is 9.59 Å². The molecule has 0 unspecified atom stereocenters. The molecular weight excluding hydrogens is 250 g/mol. The number of carbonyl (C=O) groups excluding carboxylic acids is 2. The van der Waals surface area contributed by atoms with Crippen molar-refractivity contribution in [3.05, 3.63) is 23.8 Å². The smallest absolute Gasteiger partial charge is 0.318 e. The fourth-order valence-electron chi connectivity index (χ4n) is 1.49. The van der Waals surface area contributed by atoms with E-state index >= 15 is 0 Å². The third kappa shape index (κ3) is 4.84. The molecule has 7 heteroatoms. The molecule has 0 aliphatic rings. The number of urea groups is 1. The minimum Gasteiger partial charge on any atom is -0.493 e. The van der Waals surface area contributed by atoms with Gasteiger partial charge in [0.15, 0.2) is 11.5 Å². The Morgan fingerprint density at radius 3 is 2.47 bits per heavy atom. The molecule has 1 aromatic rings. The molecule has 1 aromatic carbocycles. The molecule has 0 saturated heterocycles. The summed E-state index contributed by atoms with van der Waals surface area (Å²) in [7, 11) is 3.11. The van der Waals surface area contributed by atoms with Crippen molar-refractivity contribution in [3.63, 3.8) is 0 Å². The minimum absolute atomic E-state index is 0.00269. The Morgan fingerprint density at radius 1 is 1.21 bits per heavy atom. The molecule has 7 nitrogen and oxygen atoms in total. The van der Waals surface area contributed by atoms with Gasteiger partial charge in [0, 0.05) is 6.54 Å². The van der Waals surface area contributed by atoms with E-state index in [4.69, 9.17) is 15.2 Å². The average molecular weight is 267 g/mol. The Labute approximate surface area is 111 Å². The number of amides is 3. The lowest BCUT2D eigenvalue weighted by Crippen LogP contribution is -2.40. The van der Waals surface area contributed by atoms with Gasteiger partial charge in [0.25, 0.3) is 0 Å². The number of benzene rings is 1. The van der Waals surface area contributed by atoms with E-state index in [1.54, 1.807) is 26.4 Å². The van der Waals surface area contributed by atoms with E-state index in [-0.39, 0.29) is 6.54 Å². The van der Waals surface area contributed by atoms with Gasteiger partial charge in [0.2, 0.25) is 5.91 Å². The SMILES string of the molecule is COc1ccc(CNCC(=O)NC(N)=O)cc1OC. The van der Waals surface area contributed by atoms with Crippen LogP contribution in [0.3, 0.4) is 0 Å². The quantitative estimate of drug-likeness (QED) is 0.672. The molecule has 0 saturated carbocycles. The largest absolute Gasteiger partial charge is 0.493 e. The second kappa shape index (κ2) is 7.22. The number of ether oxygens (including phenoxy) is 2. The zero-order valence-corrected chi connectivity index (χ0v) is 10.9. The highest BCUT2D eigenvalue weighted by molar-refractivity contribution is 5.94. The van der Waals surface area contributed by atoms with Crippen LogP contribution in [-0.4, -0.2) is 32.7 Å². The summed E-state index contributed by atoms with van der Waals surface area (Å²) >= 11 is 0. The summed E-state index contributed by atoms with van der Waals surface area (Å²) in [6.45, 7) is 0.448. The highest BCUT2D eigenvalue weighted by Gasteiger charge is 2.06. The second-order valence-electron chi connectivity index (χ2n) is 3.71. The number of nitrogens with one attached hydrogen (secondary N) is 2. The van der Waals surface area contributed by atoms with Crippen molar-refractivity contribution in [1.82, 2.24) is 10.6 Å². The Kier molecular flexibility index (Phi) is 5.62. The summed E-state index contributed by atoms with van der Waals surface area (Å²) in [5.74, 6) is 0.772. The Balaban J connectivity index is 2.49. The van der Waals surface area contributed by atoms with E-state index < -0.39 is 11.9 Å². The molecule has 0 aromatic heterocycles. The maximum Gasteiger partial charge on any atom is 0.318 e. The summed E-state index contributed by atoms with van der Waals surface area (Å²) in [6, 6.07) is 4.57. The average Bonchev–Trinajstić information content (AvgIpc) is 2.37. The Morgan fingerprint density at radius 2 is 1.89 bits per heavy atom. The van der Waals surface area contributed by atoms with Crippen LogP contribution in [0.1, 0.15) is 5.56 Å². The van der Waals surface area contributed by atoms with Gasteiger partial charge in [-0.1, -0.05) is 6.07 Å². The zero-order valence-electron chi connectivity index (χ0n) is 10.9. The van der Waals surface area contributed by atoms with Crippen LogP contribution in [-0.2, 0) is 11.3 Å². The lowest BCUT2D eigenvalue weighted by Gasteiger charge is -2.10. The number of carbonyl (C=O) groups is 2. The van der Waals surface area contributed by atoms with Crippen molar-refractivity contribution >= 4 is 11.9 Å². The van der Waals surface area contributed by atoms with Crippen LogP contribution in [0.2, 0.25) is 0 Å². The van der Waals surface area contributed by atoms with E-state index in [0.29, 0.717) is 18.0 Å². The van der Waals surface area contributed by atoms with Crippen molar-refractivity contribution < 1.29 is 19.1 Å². The van der Waals surface area contributed by atoms with Crippen molar-refractivity contribution in [2.24, 2.45) is 5.73 Å². The molecule has 0 aliphatic heterocycles. The van der Waals surface area contributed by atoms with Gasteiger partial charge < -0.3 is 20.5 Å². The highest BCUT2D eigenvalue weighted by atomic mass is 16.5. The molecule has 3 amide bonds. The Hall–Kier alpha value is -2.28. The molecule has 0 radical (unpaired) electrons. The monoisotopic (exact) mass is 267 g/mol. The summed E-state index contributed by atoms with van der Waals surface area (Å²) in [5.41, 5.74) is 5.74. The van der Waals surface area contributed by atoms with Crippen LogP contribution in [0.15, 0.2) is 18.2 Å². The van der Waals surface area contributed by atoms with Crippen LogP contribution in [0, 0.1) is 0 Å². The molecule has 19 heavy (non-hydrogen) atoms. The van der Waals surface area contributed by atoms with E-state index in [1.165, 1.54) is 0 Å². The number of primary amides is 1. The summed E-state index contributed by atoms with van der Waals surface area (Å²) in [5, 5.41) is 4.84. The number of hydrogen-bond donors (Lipinski definition) is 3. The van der Waals surface area contributed by atoms with Gasteiger partial charge in [0.1, 0.15) is 0 Å². The number of methoxy groups -OCH3 is 2. The van der Waals surface area contributed by atoms with Gasteiger partial charge in [-0.25, -0.2) is 4.79 Å². The van der Waals surface area contributed by atoms with Gasteiger partial charge in [-0.3, -0.25) is 10.1 Å². The number of nitrogens with two attached hydrogens (primary N) is 1. The van der Waals surface area contributed by atoms with Crippen molar-refractivity contribution in [1.29, 1.82) is 0 Å². The van der Waals surface area contributed by atoms with Crippen LogP contribution >= 0.6 is 0 Å². The zero-order chi connectivity index (χ0) is 14.3. The summed E-state index contributed by atoms with van der Waals surface area (Å²) in [6.07, 6.45) is 0. The molecule has 0 atom stereocenters. The lowest BCUT2D eigenvalue weighted by atomic mass is 10.2. The normalized spacial score (nSPS) is 9.79. The molecule has 0 fully saturated rings. The van der Waals surface area contributed by atoms with Crippen molar-refractivity contribution in [3.8, 4) is 11.5 Å². The molecule has 0 bridgehead atoms. The van der Waals surface area contributed by atoms with Gasteiger partial charge in [0.05, 0.1) is 20.8 Å². The molecule has 0 aliphatic carbocycles. The minimum atomic E-state index is -0.863. The van der Waals surface area contributed by atoms with Crippen molar-refractivity contribution in [2.45, 2.75) is 6.54 Å². The van der Waals surface area contributed by atoms with Gasteiger partial charge in [-0.15, -0.1) is 0 Å². The van der Waals surface area contributed by atoms with Crippen LogP contribution in [0.25, 0.3) is 0 Å². The first-order valence-corrected chi connectivity index (χ1v) is 5.57. The number of imide groups is 1. The summed E-state index contributed by atoms with van der Waals surface area (Å²) in [4.78, 5) is 21.6. The molecule has 0 spiro atoms. The standard InChI is InChI=1S/C12H17N3O4/c1-18-9-4-3-8(5-10(9)19-2)6-14-7-11(16)15-12(13)17/h3-5,14H,6-7H2,1-2H3,(H3,13,15,16,17). The van der Waals surface area contributed by atoms with Crippen LogP contribution in [0.5, 0.6) is 11.5 Å².